The lowest BCUT2D eigenvalue weighted by molar-refractivity contribution is 0.834. The van der Waals surface area contributed by atoms with Crippen LogP contribution >= 0.6 is 11.6 Å². The van der Waals surface area contributed by atoms with Gasteiger partial charge in [-0.2, -0.15) is 0 Å². The summed E-state index contributed by atoms with van der Waals surface area (Å²) >= 11 is 5.99. The Morgan fingerprint density at radius 1 is 0.840 bits per heavy atom. The van der Waals surface area contributed by atoms with E-state index in [1.165, 1.54) is 0 Å². The van der Waals surface area contributed by atoms with Gasteiger partial charge in [0.25, 0.3) is 0 Å². The van der Waals surface area contributed by atoms with E-state index in [9.17, 15) is 0 Å². The highest BCUT2D eigenvalue weighted by Crippen LogP contribution is 2.28. The van der Waals surface area contributed by atoms with Crippen molar-refractivity contribution in [2.45, 2.75) is 6.04 Å². The van der Waals surface area contributed by atoms with Crippen molar-refractivity contribution in [3.05, 3.63) is 89.3 Å². The molecule has 1 atom stereocenters. The maximum Gasteiger partial charge on any atom is 0.160 e. The van der Waals surface area contributed by atoms with E-state index >= 15 is 0 Å². The van der Waals surface area contributed by atoms with Crippen LogP contribution < -0.4 is 5.73 Å². The molecule has 0 amide bonds. The molecule has 2 aromatic carbocycles. The van der Waals surface area contributed by atoms with Gasteiger partial charge in [-0.05, 0) is 48.0 Å². The Kier molecular flexibility index (Phi) is 4.14. The number of halogens is 1. The molecule has 0 saturated heterocycles. The third-order valence-electron chi connectivity index (χ3n) is 4.09. The molecule has 4 aromatic rings. The van der Waals surface area contributed by atoms with Crippen molar-refractivity contribution >= 4 is 22.5 Å². The zero-order valence-corrected chi connectivity index (χ0v) is 14.1. The summed E-state index contributed by atoms with van der Waals surface area (Å²) in [4.78, 5) is 13.5. The van der Waals surface area contributed by atoms with E-state index in [4.69, 9.17) is 22.3 Å². The van der Waals surface area contributed by atoms with Gasteiger partial charge in [0.15, 0.2) is 5.82 Å². The van der Waals surface area contributed by atoms with Gasteiger partial charge in [0.2, 0.25) is 0 Å². The van der Waals surface area contributed by atoms with Gasteiger partial charge in [-0.3, -0.25) is 4.98 Å². The van der Waals surface area contributed by atoms with Crippen LogP contribution in [0.3, 0.4) is 0 Å². The Bertz CT molecular complexity index is 1020. The topological polar surface area (TPSA) is 64.7 Å². The average molecular weight is 347 g/mol. The Morgan fingerprint density at radius 2 is 1.56 bits per heavy atom. The second kappa shape index (κ2) is 6.59. The third-order valence-corrected chi connectivity index (χ3v) is 4.35. The first-order valence-corrected chi connectivity index (χ1v) is 8.28. The zero-order chi connectivity index (χ0) is 17.2. The number of benzene rings is 2. The molecule has 1 unspecified atom stereocenters. The number of fused-ring (bicyclic) bond motifs is 1. The SMILES string of the molecule is NC(c1ccncc1)c1nc(-c2ccc(Cl)cc2)nc2ccccc12. The number of aromatic nitrogens is 3. The van der Waals surface area contributed by atoms with E-state index in [1.807, 2.05) is 60.7 Å². The second-order valence-corrected chi connectivity index (χ2v) is 6.15. The van der Waals surface area contributed by atoms with Gasteiger partial charge in [-0.15, -0.1) is 0 Å². The van der Waals surface area contributed by atoms with Gasteiger partial charge in [0, 0.05) is 28.4 Å². The van der Waals surface area contributed by atoms with E-state index in [-0.39, 0.29) is 6.04 Å². The minimum absolute atomic E-state index is 0.359. The Balaban J connectivity index is 1.91. The van der Waals surface area contributed by atoms with Crippen LogP contribution in [-0.2, 0) is 0 Å². The van der Waals surface area contributed by atoms with Crippen LogP contribution in [0.4, 0.5) is 0 Å². The van der Waals surface area contributed by atoms with Crippen LogP contribution in [0.15, 0.2) is 73.1 Å². The molecule has 0 spiro atoms. The number of nitrogens with zero attached hydrogens (tertiary/aromatic N) is 3. The smallest absolute Gasteiger partial charge is 0.160 e. The second-order valence-electron chi connectivity index (χ2n) is 5.71. The van der Waals surface area contributed by atoms with Crippen LogP contribution in [-0.4, -0.2) is 15.0 Å². The number of hydrogen-bond acceptors (Lipinski definition) is 4. The summed E-state index contributed by atoms with van der Waals surface area (Å²) in [5, 5.41) is 1.63. The number of para-hydroxylation sites is 1. The third kappa shape index (κ3) is 3.09. The highest BCUT2D eigenvalue weighted by atomic mass is 35.5. The quantitative estimate of drug-likeness (QED) is 0.597. The fourth-order valence-corrected chi connectivity index (χ4v) is 2.92. The molecular formula is C20H15ClN4. The van der Waals surface area contributed by atoms with E-state index < -0.39 is 0 Å². The van der Waals surface area contributed by atoms with E-state index in [0.29, 0.717) is 10.8 Å². The summed E-state index contributed by atoms with van der Waals surface area (Å²) in [6, 6.07) is 18.8. The maximum atomic E-state index is 6.51. The summed E-state index contributed by atoms with van der Waals surface area (Å²) in [5.74, 6) is 0.634. The Hall–Kier alpha value is -2.82. The molecule has 2 heterocycles. The summed E-state index contributed by atoms with van der Waals surface area (Å²) in [5.41, 5.74) is 10.0. The van der Waals surface area contributed by atoms with Crippen molar-refractivity contribution in [3.8, 4) is 11.4 Å². The van der Waals surface area contributed by atoms with Crippen molar-refractivity contribution < 1.29 is 0 Å². The van der Waals surface area contributed by atoms with Gasteiger partial charge < -0.3 is 5.73 Å². The molecule has 2 N–H and O–H groups in total. The van der Waals surface area contributed by atoms with Crippen molar-refractivity contribution in [2.75, 3.05) is 0 Å². The molecule has 4 nitrogen and oxygen atoms in total. The molecule has 122 valence electrons. The fourth-order valence-electron chi connectivity index (χ4n) is 2.79. The predicted octanol–water partition coefficient (Wildman–Crippen LogP) is 4.39. The van der Waals surface area contributed by atoms with Gasteiger partial charge in [0.1, 0.15) is 0 Å². The molecule has 0 radical (unpaired) electrons. The van der Waals surface area contributed by atoms with Gasteiger partial charge in [-0.1, -0.05) is 29.8 Å². The Labute approximate surface area is 150 Å². The highest BCUT2D eigenvalue weighted by Gasteiger charge is 2.16. The standard InChI is InChI=1S/C20H15ClN4/c21-15-7-5-14(6-8-15)20-24-17-4-2-1-3-16(17)19(25-20)18(22)13-9-11-23-12-10-13/h1-12,18H,22H2. The molecule has 5 heteroatoms. The normalized spacial score (nSPS) is 12.2. The maximum absolute atomic E-state index is 6.51. The lowest BCUT2D eigenvalue weighted by Crippen LogP contribution is -2.15. The minimum Gasteiger partial charge on any atom is -0.319 e. The van der Waals surface area contributed by atoms with Gasteiger partial charge in [-0.25, -0.2) is 9.97 Å². The van der Waals surface area contributed by atoms with Crippen LogP contribution in [0.25, 0.3) is 22.3 Å². The summed E-state index contributed by atoms with van der Waals surface area (Å²) < 4.78 is 0. The Morgan fingerprint density at radius 3 is 2.32 bits per heavy atom. The molecule has 0 bridgehead atoms. The largest absolute Gasteiger partial charge is 0.319 e. The van der Waals surface area contributed by atoms with E-state index in [1.54, 1.807) is 12.4 Å². The monoisotopic (exact) mass is 346 g/mol. The summed E-state index contributed by atoms with van der Waals surface area (Å²) in [7, 11) is 0. The molecule has 2 aromatic heterocycles. The van der Waals surface area contributed by atoms with Crippen LogP contribution in [0.1, 0.15) is 17.3 Å². The zero-order valence-electron chi connectivity index (χ0n) is 13.3. The summed E-state index contributed by atoms with van der Waals surface area (Å²) in [6.07, 6.45) is 3.47. The molecule has 0 saturated carbocycles. The number of rotatable bonds is 3. The number of nitrogens with two attached hydrogens (primary N) is 1. The van der Waals surface area contributed by atoms with Crippen molar-refractivity contribution in [1.82, 2.24) is 15.0 Å². The first-order valence-electron chi connectivity index (χ1n) is 7.90. The van der Waals surface area contributed by atoms with Crippen LogP contribution in [0, 0.1) is 0 Å². The number of pyridine rings is 1. The van der Waals surface area contributed by atoms with E-state index in [2.05, 4.69) is 9.97 Å². The molecule has 0 aliphatic carbocycles. The fraction of sp³-hybridized carbons (Fsp3) is 0.0500. The molecule has 0 fully saturated rings. The molecule has 0 aliphatic heterocycles. The molecule has 25 heavy (non-hydrogen) atoms. The predicted molar refractivity (Wildman–Crippen MR) is 100 cm³/mol. The minimum atomic E-state index is -0.359. The van der Waals surface area contributed by atoms with Crippen LogP contribution in [0.5, 0.6) is 0 Å². The van der Waals surface area contributed by atoms with Crippen molar-refractivity contribution in [3.63, 3.8) is 0 Å². The first kappa shape index (κ1) is 15.7. The molecule has 0 aliphatic rings. The van der Waals surface area contributed by atoms with Gasteiger partial charge in [0.05, 0.1) is 17.3 Å². The lowest BCUT2D eigenvalue weighted by Gasteiger charge is -2.15. The highest BCUT2D eigenvalue weighted by molar-refractivity contribution is 6.30. The van der Waals surface area contributed by atoms with Crippen molar-refractivity contribution in [2.24, 2.45) is 5.73 Å². The first-order chi connectivity index (χ1) is 12.2. The average Bonchev–Trinajstić information content (AvgIpc) is 2.68. The van der Waals surface area contributed by atoms with Crippen molar-refractivity contribution in [1.29, 1.82) is 0 Å². The summed E-state index contributed by atoms with van der Waals surface area (Å²) in [6.45, 7) is 0. The molecular weight excluding hydrogens is 332 g/mol. The van der Waals surface area contributed by atoms with Crippen LogP contribution in [0.2, 0.25) is 5.02 Å². The van der Waals surface area contributed by atoms with Gasteiger partial charge >= 0.3 is 0 Å². The molecule has 4 rings (SSSR count). The van der Waals surface area contributed by atoms with E-state index in [0.717, 1.165) is 27.7 Å². The number of hydrogen-bond donors (Lipinski definition) is 1. The lowest BCUT2D eigenvalue weighted by atomic mass is 10.0.